The molecule has 1 fully saturated rings. The minimum atomic E-state index is -0.394. The molecule has 26 heavy (non-hydrogen) atoms. The Bertz CT molecular complexity index is 673. The first kappa shape index (κ1) is 18.5. The summed E-state index contributed by atoms with van der Waals surface area (Å²) in [5.74, 6) is 1.24. The van der Waals surface area contributed by atoms with Crippen LogP contribution in [-0.2, 0) is 17.8 Å². The van der Waals surface area contributed by atoms with Gasteiger partial charge in [0.05, 0.1) is 19.8 Å². The molecule has 1 aliphatic carbocycles. The van der Waals surface area contributed by atoms with Gasteiger partial charge in [0.25, 0.3) is 0 Å². The molecule has 1 aromatic rings. The zero-order valence-corrected chi connectivity index (χ0v) is 15.5. The van der Waals surface area contributed by atoms with Gasteiger partial charge in [0.2, 0.25) is 5.91 Å². The number of urea groups is 1. The molecule has 1 aliphatic heterocycles. The second-order valence-electron chi connectivity index (χ2n) is 6.69. The van der Waals surface area contributed by atoms with E-state index in [1.54, 1.807) is 0 Å². The van der Waals surface area contributed by atoms with Gasteiger partial charge in [-0.25, -0.2) is 4.79 Å². The zero-order chi connectivity index (χ0) is 18.5. The van der Waals surface area contributed by atoms with Gasteiger partial charge in [-0.15, -0.1) is 0 Å². The van der Waals surface area contributed by atoms with Crippen LogP contribution in [0.4, 0.5) is 4.79 Å². The van der Waals surface area contributed by atoms with Gasteiger partial charge in [-0.1, -0.05) is 0 Å². The average Bonchev–Trinajstić information content (AvgIpc) is 3.39. The molecule has 3 amide bonds. The van der Waals surface area contributed by atoms with E-state index in [1.807, 2.05) is 30.9 Å². The van der Waals surface area contributed by atoms with Crippen LogP contribution in [0.1, 0.15) is 37.8 Å². The summed E-state index contributed by atoms with van der Waals surface area (Å²) in [4.78, 5) is 25.8. The van der Waals surface area contributed by atoms with Gasteiger partial charge in [0, 0.05) is 19.1 Å². The molecule has 1 heterocycles. The number of nitrogens with one attached hydrogen (secondary N) is 2. The number of imide groups is 1. The molecule has 0 atom stereocenters. The van der Waals surface area contributed by atoms with Crippen molar-refractivity contribution < 1.29 is 19.1 Å². The minimum absolute atomic E-state index is 0.203. The smallest absolute Gasteiger partial charge is 0.321 e. The lowest BCUT2D eigenvalue weighted by molar-refractivity contribution is -0.121. The topological polar surface area (TPSA) is 79.9 Å². The Balaban J connectivity index is 1.59. The highest BCUT2D eigenvalue weighted by atomic mass is 16.5. The molecule has 2 aliphatic rings. The molecule has 7 heteroatoms. The van der Waals surface area contributed by atoms with Crippen LogP contribution in [0.25, 0.3) is 0 Å². The number of fused-ring (bicyclic) bond motifs is 1. The molecular formula is C19H27N3O4. The average molecular weight is 361 g/mol. The minimum Gasteiger partial charge on any atom is -0.490 e. The third-order valence-corrected chi connectivity index (χ3v) is 4.49. The Morgan fingerprint density at radius 2 is 1.77 bits per heavy atom. The van der Waals surface area contributed by atoms with Crippen LogP contribution in [0.3, 0.4) is 0 Å². The number of benzene rings is 1. The molecule has 0 radical (unpaired) electrons. The molecule has 3 rings (SSSR count). The molecule has 0 bridgehead atoms. The van der Waals surface area contributed by atoms with E-state index in [2.05, 4.69) is 10.6 Å². The Kier molecular flexibility index (Phi) is 5.98. The van der Waals surface area contributed by atoms with Crippen molar-refractivity contribution in [2.45, 2.75) is 45.7 Å². The third kappa shape index (κ3) is 4.88. The Morgan fingerprint density at radius 1 is 1.12 bits per heavy atom. The number of ether oxygens (including phenoxy) is 2. The van der Waals surface area contributed by atoms with Gasteiger partial charge in [-0.05, 0) is 56.4 Å². The summed E-state index contributed by atoms with van der Waals surface area (Å²) >= 11 is 0. The maximum atomic E-state index is 12.1. The molecule has 142 valence electrons. The summed E-state index contributed by atoms with van der Waals surface area (Å²) in [6, 6.07) is 3.90. The molecule has 0 spiro atoms. The van der Waals surface area contributed by atoms with E-state index in [0.717, 1.165) is 42.9 Å². The summed E-state index contributed by atoms with van der Waals surface area (Å²) in [6.45, 7) is 6.68. The quantitative estimate of drug-likeness (QED) is 0.775. The first-order valence-corrected chi connectivity index (χ1v) is 9.33. The van der Waals surface area contributed by atoms with E-state index < -0.39 is 6.03 Å². The largest absolute Gasteiger partial charge is 0.490 e. The lowest BCUT2D eigenvalue weighted by Gasteiger charge is -2.29. The van der Waals surface area contributed by atoms with Gasteiger partial charge < -0.3 is 14.8 Å². The van der Waals surface area contributed by atoms with Crippen LogP contribution in [0.15, 0.2) is 12.1 Å². The summed E-state index contributed by atoms with van der Waals surface area (Å²) < 4.78 is 11.4. The molecule has 1 saturated carbocycles. The molecule has 0 saturated heterocycles. The predicted octanol–water partition coefficient (Wildman–Crippen LogP) is 1.83. The summed E-state index contributed by atoms with van der Waals surface area (Å²) in [7, 11) is 0. The maximum Gasteiger partial charge on any atom is 0.321 e. The Labute approximate surface area is 154 Å². The number of rotatable bonds is 7. The molecular weight excluding hydrogens is 334 g/mol. The van der Waals surface area contributed by atoms with E-state index in [1.165, 1.54) is 5.56 Å². The maximum absolute atomic E-state index is 12.1. The van der Waals surface area contributed by atoms with E-state index in [0.29, 0.717) is 19.8 Å². The van der Waals surface area contributed by atoms with E-state index >= 15 is 0 Å². The van der Waals surface area contributed by atoms with Crippen LogP contribution in [0.2, 0.25) is 0 Å². The molecule has 0 aromatic heterocycles. The fraction of sp³-hybridized carbons (Fsp3) is 0.579. The highest BCUT2D eigenvalue weighted by molar-refractivity contribution is 5.95. The lowest BCUT2D eigenvalue weighted by Crippen LogP contribution is -2.46. The van der Waals surface area contributed by atoms with Crippen LogP contribution in [0, 0.1) is 0 Å². The van der Waals surface area contributed by atoms with E-state index in [9.17, 15) is 9.59 Å². The second kappa shape index (κ2) is 8.40. The normalized spacial score (nSPS) is 16.5. The van der Waals surface area contributed by atoms with Gasteiger partial charge in [-0.3, -0.25) is 15.0 Å². The van der Waals surface area contributed by atoms with Crippen LogP contribution in [0.5, 0.6) is 11.5 Å². The molecule has 2 N–H and O–H groups in total. The standard InChI is InChI=1S/C19H27N3O4/c1-3-25-16-9-13-7-8-22(11-14(13)10-17(16)26-4-2)12-18(23)21-19(24)20-15-5-6-15/h9-10,15H,3-8,11-12H2,1-2H3,(H2,20,21,23,24). The number of amides is 3. The number of hydrogen-bond donors (Lipinski definition) is 2. The van der Waals surface area contributed by atoms with Crippen molar-refractivity contribution in [2.75, 3.05) is 26.3 Å². The van der Waals surface area contributed by atoms with Crippen molar-refractivity contribution in [3.63, 3.8) is 0 Å². The van der Waals surface area contributed by atoms with Crippen LogP contribution >= 0.6 is 0 Å². The summed E-state index contributed by atoms with van der Waals surface area (Å²) in [6.07, 6.45) is 2.83. The number of nitrogens with zero attached hydrogens (tertiary/aromatic N) is 1. The van der Waals surface area contributed by atoms with Crippen LogP contribution < -0.4 is 20.1 Å². The fourth-order valence-corrected chi connectivity index (χ4v) is 3.11. The third-order valence-electron chi connectivity index (χ3n) is 4.49. The fourth-order valence-electron chi connectivity index (χ4n) is 3.11. The van der Waals surface area contributed by atoms with Gasteiger partial charge >= 0.3 is 6.03 Å². The number of carbonyl (C=O) groups is 2. The lowest BCUT2D eigenvalue weighted by atomic mass is 9.99. The van der Waals surface area contributed by atoms with Crippen molar-refractivity contribution in [2.24, 2.45) is 0 Å². The highest BCUT2D eigenvalue weighted by Gasteiger charge is 2.25. The number of hydrogen-bond acceptors (Lipinski definition) is 5. The first-order chi connectivity index (χ1) is 12.6. The predicted molar refractivity (Wildman–Crippen MR) is 97.5 cm³/mol. The second-order valence-corrected chi connectivity index (χ2v) is 6.69. The van der Waals surface area contributed by atoms with Gasteiger partial charge in [-0.2, -0.15) is 0 Å². The Hall–Kier alpha value is -2.28. The molecule has 1 aromatic carbocycles. The van der Waals surface area contributed by atoms with Crippen molar-refractivity contribution >= 4 is 11.9 Å². The van der Waals surface area contributed by atoms with Gasteiger partial charge in [0.1, 0.15) is 0 Å². The summed E-state index contributed by atoms with van der Waals surface area (Å²) in [5, 5.41) is 5.16. The van der Waals surface area contributed by atoms with Gasteiger partial charge in [0.15, 0.2) is 11.5 Å². The van der Waals surface area contributed by atoms with Crippen molar-refractivity contribution in [3.05, 3.63) is 23.3 Å². The van der Waals surface area contributed by atoms with Crippen molar-refractivity contribution in [1.29, 1.82) is 0 Å². The van der Waals surface area contributed by atoms with Crippen molar-refractivity contribution in [3.8, 4) is 11.5 Å². The number of carbonyl (C=O) groups excluding carboxylic acids is 2. The van der Waals surface area contributed by atoms with E-state index in [-0.39, 0.29) is 18.5 Å². The first-order valence-electron chi connectivity index (χ1n) is 9.33. The highest BCUT2D eigenvalue weighted by Crippen LogP contribution is 2.33. The van der Waals surface area contributed by atoms with Crippen molar-refractivity contribution in [1.82, 2.24) is 15.5 Å². The van der Waals surface area contributed by atoms with E-state index in [4.69, 9.17) is 9.47 Å². The molecule has 7 nitrogen and oxygen atoms in total. The monoisotopic (exact) mass is 361 g/mol. The molecule has 0 unspecified atom stereocenters. The zero-order valence-electron chi connectivity index (χ0n) is 15.5. The van der Waals surface area contributed by atoms with Crippen LogP contribution in [-0.4, -0.2) is 49.2 Å². The summed E-state index contributed by atoms with van der Waals surface area (Å²) in [5.41, 5.74) is 2.36. The SMILES string of the molecule is CCOc1cc2c(cc1OCC)CN(CC(=O)NC(=O)NC1CC1)CC2. The Morgan fingerprint density at radius 3 is 2.38 bits per heavy atom.